The van der Waals surface area contributed by atoms with E-state index in [1.54, 1.807) is 0 Å². The highest BCUT2D eigenvalue weighted by atomic mass is 32.1. The number of aliphatic hydroxyl groups is 1. The summed E-state index contributed by atoms with van der Waals surface area (Å²) in [5, 5.41) is 25.1. The van der Waals surface area contributed by atoms with Gasteiger partial charge in [0.05, 0.1) is 13.2 Å². The van der Waals surface area contributed by atoms with E-state index in [9.17, 15) is 24.3 Å². The van der Waals surface area contributed by atoms with Crippen LogP contribution in [0.25, 0.3) is 0 Å². The van der Waals surface area contributed by atoms with Crippen molar-refractivity contribution in [1.82, 2.24) is 16.0 Å². The molecule has 0 heterocycles. The monoisotopic (exact) mass is 378 g/mol. The van der Waals surface area contributed by atoms with E-state index in [1.807, 2.05) is 13.8 Å². The summed E-state index contributed by atoms with van der Waals surface area (Å²) in [7, 11) is 0. The molecule has 10 nitrogen and oxygen atoms in total. The molecule has 0 aliphatic rings. The summed E-state index contributed by atoms with van der Waals surface area (Å²) < 4.78 is 0. The number of carboxylic acid groups (broad SMARTS) is 1. The molecule has 25 heavy (non-hydrogen) atoms. The number of hydrogen-bond donors (Lipinski definition) is 7. The molecule has 0 saturated carbocycles. The van der Waals surface area contributed by atoms with Gasteiger partial charge in [-0.1, -0.05) is 13.8 Å². The van der Waals surface area contributed by atoms with Crippen molar-refractivity contribution in [2.24, 2.45) is 11.7 Å². The first-order chi connectivity index (χ1) is 11.7. The summed E-state index contributed by atoms with van der Waals surface area (Å²) in [5.74, 6) is -3.47. The maximum Gasteiger partial charge on any atom is 0.327 e. The lowest BCUT2D eigenvalue weighted by molar-refractivity contribution is -0.142. The molecule has 3 atom stereocenters. The zero-order valence-corrected chi connectivity index (χ0v) is 15.1. The molecule has 3 unspecified atom stereocenters. The van der Waals surface area contributed by atoms with Gasteiger partial charge in [-0.15, -0.1) is 0 Å². The van der Waals surface area contributed by atoms with Gasteiger partial charge in [0.15, 0.2) is 0 Å². The van der Waals surface area contributed by atoms with E-state index in [0.29, 0.717) is 6.42 Å². The minimum absolute atomic E-state index is 0.0656. The third-order valence-corrected chi connectivity index (χ3v) is 3.52. The van der Waals surface area contributed by atoms with Gasteiger partial charge in [0.2, 0.25) is 17.7 Å². The highest BCUT2D eigenvalue weighted by molar-refractivity contribution is 7.80. The molecule has 0 saturated heterocycles. The van der Waals surface area contributed by atoms with Gasteiger partial charge in [0, 0.05) is 5.75 Å². The number of nitrogens with two attached hydrogens (primary N) is 1. The standard InChI is InChI=1S/C14H26N4O6S/c1-7(2)3-8(16-11(20)4-15)12(21)17-9(5-19)13(22)18-10(6-25)14(23)24/h7-10,19,25H,3-6,15H2,1-2H3,(H,16,20)(H,17,21)(H,18,22)(H,23,24). The van der Waals surface area contributed by atoms with Crippen LogP contribution in [0.3, 0.4) is 0 Å². The van der Waals surface area contributed by atoms with Crippen molar-refractivity contribution in [2.45, 2.75) is 38.4 Å². The Labute approximate surface area is 151 Å². The molecule has 3 amide bonds. The second-order valence-corrected chi connectivity index (χ2v) is 6.14. The molecule has 0 aromatic rings. The zero-order chi connectivity index (χ0) is 19.6. The highest BCUT2D eigenvalue weighted by Crippen LogP contribution is 2.05. The molecule has 0 aromatic carbocycles. The first-order valence-electron chi connectivity index (χ1n) is 7.70. The lowest BCUT2D eigenvalue weighted by Gasteiger charge is -2.24. The molecule has 7 N–H and O–H groups in total. The molecular weight excluding hydrogens is 352 g/mol. The van der Waals surface area contributed by atoms with Gasteiger partial charge in [-0.2, -0.15) is 12.6 Å². The molecule has 0 fully saturated rings. The Balaban J connectivity index is 4.98. The number of rotatable bonds is 11. The van der Waals surface area contributed by atoms with Gasteiger partial charge in [0.1, 0.15) is 18.1 Å². The van der Waals surface area contributed by atoms with Gasteiger partial charge in [-0.25, -0.2) is 4.79 Å². The highest BCUT2D eigenvalue weighted by Gasteiger charge is 2.28. The average Bonchev–Trinajstić information content (AvgIpc) is 2.55. The normalized spacial score (nSPS) is 14.3. The van der Waals surface area contributed by atoms with Crippen molar-refractivity contribution in [1.29, 1.82) is 0 Å². The van der Waals surface area contributed by atoms with Crippen LogP contribution >= 0.6 is 12.6 Å². The van der Waals surface area contributed by atoms with Crippen LogP contribution in [0.5, 0.6) is 0 Å². The maximum atomic E-state index is 12.3. The number of carboxylic acids is 1. The van der Waals surface area contributed by atoms with Crippen LogP contribution in [0.15, 0.2) is 0 Å². The van der Waals surface area contributed by atoms with Crippen molar-refractivity contribution in [3.63, 3.8) is 0 Å². The van der Waals surface area contributed by atoms with Crippen molar-refractivity contribution in [2.75, 3.05) is 18.9 Å². The SMILES string of the molecule is CC(C)CC(NC(=O)CN)C(=O)NC(CO)C(=O)NC(CS)C(=O)O. The Morgan fingerprint density at radius 3 is 1.92 bits per heavy atom. The van der Waals surface area contributed by atoms with Crippen molar-refractivity contribution < 1.29 is 29.4 Å². The number of amides is 3. The van der Waals surface area contributed by atoms with E-state index in [2.05, 4.69) is 28.6 Å². The van der Waals surface area contributed by atoms with Crippen LogP contribution in [-0.4, -0.2) is 70.9 Å². The lowest BCUT2D eigenvalue weighted by atomic mass is 10.0. The van der Waals surface area contributed by atoms with Crippen molar-refractivity contribution in [3.05, 3.63) is 0 Å². The van der Waals surface area contributed by atoms with Crippen LogP contribution < -0.4 is 21.7 Å². The smallest absolute Gasteiger partial charge is 0.327 e. The number of carbonyl (C=O) groups excluding carboxylic acids is 3. The van der Waals surface area contributed by atoms with Crippen LogP contribution in [0.4, 0.5) is 0 Å². The summed E-state index contributed by atoms with van der Waals surface area (Å²) in [5.41, 5.74) is 5.21. The Bertz CT molecular complexity index is 488. The van der Waals surface area contributed by atoms with Crippen LogP contribution in [0.2, 0.25) is 0 Å². The summed E-state index contributed by atoms with van der Waals surface area (Å²) in [6.07, 6.45) is 0.297. The van der Waals surface area contributed by atoms with E-state index in [-0.39, 0.29) is 18.2 Å². The molecular formula is C14H26N4O6S. The number of hydrogen-bond acceptors (Lipinski definition) is 7. The minimum atomic E-state index is -1.36. The van der Waals surface area contributed by atoms with E-state index < -0.39 is 48.4 Å². The van der Waals surface area contributed by atoms with Gasteiger partial charge in [-0.05, 0) is 12.3 Å². The van der Waals surface area contributed by atoms with Crippen LogP contribution in [0.1, 0.15) is 20.3 Å². The third-order valence-electron chi connectivity index (χ3n) is 3.16. The van der Waals surface area contributed by atoms with Crippen molar-refractivity contribution >= 4 is 36.3 Å². The van der Waals surface area contributed by atoms with Crippen molar-refractivity contribution in [3.8, 4) is 0 Å². The largest absolute Gasteiger partial charge is 0.480 e. The Morgan fingerprint density at radius 1 is 1.00 bits per heavy atom. The quantitative estimate of drug-likeness (QED) is 0.194. The fourth-order valence-electron chi connectivity index (χ4n) is 1.88. The lowest BCUT2D eigenvalue weighted by Crippen LogP contribution is -2.57. The van der Waals surface area contributed by atoms with Gasteiger partial charge < -0.3 is 31.9 Å². The maximum absolute atomic E-state index is 12.3. The fraction of sp³-hybridized carbons (Fsp3) is 0.714. The number of nitrogens with one attached hydrogen (secondary N) is 3. The predicted molar refractivity (Wildman–Crippen MR) is 92.9 cm³/mol. The molecule has 0 bridgehead atoms. The zero-order valence-electron chi connectivity index (χ0n) is 14.2. The number of aliphatic hydroxyl groups excluding tert-OH is 1. The molecule has 144 valence electrons. The molecule has 0 radical (unpaired) electrons. The number of thiol groups is 1. The average molecular weight is 378 g/mol. The third kappa shape index (κ3) is 8.70. The number of aliphatic carboxylic acids is 1. The second-order valence-electron chi connectivity index (χ2n) is 5.78. The summed E-state index contributed by atoms with van der Waals surface area (Å²) >= 11 is 3.81. The summed E-state index contributed by atoms with van der Waals surface area (Å²) in [6, 6.07) is -3.55. The topological polar surface area (TPSA) is 171 Å². The van der Waals surface area contributed by atoms with E-state index in [4.69, 9.17) is 10.8 Å². The Morgan fingerprint density at radius 2 is 1.52 bits per heavy atom. The van der Waals surface area contributed by atoms with Gasteiger partial charge in [0.25, 0.3) is 0 Å². The first kappa shape index (κ1) is 23.1. The van der Waals surface area contributed by atoms with E-state index in [1.165, 1.54) is 0 Å². The second kappa shape index (κ2) is 11.7. The predicted octanol–water partition coefficient (Wildman–Crippen LogP) is -2.55. The molecule has 0 rings (SSSR count). The molecule has 0 aliphatic heterocycles. The molecule has 0 aromatic heterocycles. The van der Waals surface area contributed by atoms with Gasteiger partial charge >= 0.3 is 5.97 Å². The Kier molecular flexibility index (Phi) is 10.8. The van der Waals surface area contributed by atoms with E-state index >= 15 is 0 Å². The number of carbonyl (C=O) groups is 4. The summed E-state index contributed by atoms with van der Waals surface area (Å²) in [4.78, 5) is 46.7. The minimum Gasteiger partial charge on any atom is -0.480 e. The summed E-state index contributed by atoms with van der Waals surface area (Å²) in [6.45, 7) is 2.65. The molecule has 0 spiro atoms. The van der Waals surface area contributed by atoms with Crippen LogP contribution in [0, 0.1) is 5.92 Å². The van der Waals surface area contributed by atoms with Crippen LogP contribution in [-0.2, 0) is 19.2 Å². The van der Waals surface area contributed by atoms with E-state index in [0.717, 1.165) is 0 Å². The Hall–Kier alpha value is -1.85. The molecule has 0 aliphatic carbocycles. The van der Waals surface area contributed by atoms with Gasteiger partial charge in [-0.3, -0.25) is 14.4 Å². The molecule has 11 heteroatoms. The fourth-order valence-corrected chi connectivity index (χ4v) is 2.13. The first-order valence-corrected chi connectivity index (χ1v) is 8.34.